The fourth-order valence-corrected chi connectivity index (χ4v) is 2.52. The number of amides is 1. The average molecular weight is 242 g/mol. The predicted molar refractivity (Wildman–Crippen MR) is 68.8 cm³/mol. The molecule has 17 heavy (non-hydrogen) atoms. The lowest BCUT2D eigenvalue weighted by atomic mass is 10.1. The predicted octanol–water partition coefficient (Wildman–Crippen LogP) is 1.09. The van der Waals surface area contributed by atoms with Crippen LogP contribution in [0.3, 0.4) is 0 Å². The van der Waals surface area contributed by atoms with E-state index >= 15 is 0 Å². The fourth-order valence-electron chi connectivity index (χ4n) is 2.52. The number of aliphatic hydroxyl groups is 1. The summed E-state index contributed by atoms with van der Waals surface area (Å²) < 4.78 is 0. The molecular formula is C13H26N2O2. The van der Waals surface area contributed by atoms with Crippen LogP contribution in [0.25, 0.3) is 0 Å². The maximum atomic E-state index is 12.2. The van der Waals surface area contributed by atoms with E-state index in [9.17, 15) is 9.90 Å². The minimum atomic E-state index is -0.173. The second kappa shape index (κ2) is 6.36. The Balaban J connectivity index is 2.47. The van der Waals surface area contributed by atoms with Crippen molar-refractivity contribution >= 4 is 5.91 Å². The number of carbonyl (C=O) groups excluding carboxylic acids is 1. The third kappa shape index (κ3) is 4.28. The maximum Gasteiger partial charge on any atom is 0.237 e. The summed E-state index contributed by atoms with van der Waals surface area (Å²) in [6.07, 6.45) is 1.40. The molecule has 1 saturated heterocycles. The average Bonchev–Trinajstić information content (AvgIpc) is 2.20. The van der Waals surface area contributed by atoms with Gasteiger partial charge in [0.1, 0.15) is 0 Å². The van der Waals surface area contributed by atoms with Gasteiger partial charge >= 0.3 is 0 Å². The molecule has 0 aliphatic carbocycles. The number of rotatable bonds is 4. The first-order chi connectivity index (χ1) is 7.91. The van der Waals surface area contributed by atoms with Crippen molar-refractivity contribution in [3.63, 3.8) is 0 Å². The van der Waals surface area contributed by atoms with Crippen molar-refractivity contribution in [1.29, 1.82) is 0 Å². The monoisotopic (exact) mass is 242 g/mol. The number of aliphatic hydroxyl groups excluding tert-OH is 1. The molecule has 1 N–H and O–H groups in total. The molecule has 1 aliphatic rings. The van der Waals surface area contributed by atoms with Gasteiger partial charge in [0.15, 0.2) is 0 Å². The van der Waals surface area contributed by atoms with E-state index in [2.05, 4.69) is 32.6 Å². The van der Waals surface area contributed by atoms with E-state index in [4.69, 9.17) is 0 Å². The van der Waals surface area contributed by atoms with Crippen LogP contribution in [0.4, 0.5) is 0 Å². The zero-order chi connectivity index (χ0) is 13.0. The second-order valence-electron chi connectivity index (χ2n) is 5.50. The van der Waals surface area contributed by atoms with Crippen LogP contribution in [0, 0.1) is 0 Å². The molecule has 0 atom stereocenters. The van der Waals surface area contributed by atoms with Crippen molar-refractivity contribution in [3.05, 3.63) is 0 Å². The van der Waals surface area contributed by atoms with Crippen LogP contribution < -0.4 is 0 Å². The van der Waals surface area contributed by atoms with Crippen molar-refractivity contribution in [3.8, 4) is 0 Å². The second-order valence-corrected chi connectivity index (χ2v) is 5.50. The van der Waals surface area contributed by atoms with Crippen LogP contribution >= 0.6 is 0 Å². The SMILES string of the molecule is CC(C)N(C(=O)CN1CCC(O)CC1)C(C)C. The highest BCUT2D eigenvalue weighted by molar-refractivity contribution is 5.78. The van der Waals surface area contributed by atoms with Crippen molar-refractivity contribution in [2.24, 2.45) is 0 Å². The van der Waals surface area contributed by atoms with Gasteiger partial charge in [-0.3, -0.25) is 9.69 Å². The summed E-state index contributed by atoms with van der Waals surface area (Å²) in [6, 6.07) is 0.496. The van der Waals surface area contributed by atoms with Crippen LogP contribution in [-0.4, -0.2) is 58.6 Å². The van der Waals surface area contributed by atoms with Gasteiger partial charge < -0.3 is 10.0 Å². The maximum absolute atomic E-state index is 12.2. The highest BCUT2D eigenvalue weighted by Gasteiger charge is 2.24. The van der Waals surface area contributed by atoms with Gasteiger partial charge in [-0.1, -0.05) is 0 Å². The molecule has 0 spiro atoms. The third-order valence-corrected chi connectivity index (χ3v) is 3.32. The topological polar surface area (TPSA) is 43.8 Å². The molecule has 1 amide bonds. The van der Waals surface area contributed by atoms with Gasteiger partial charge in [0.2, 0.25) is 5.91 Å². The lowest BCUT2D eigenvalue weighted by Crippen LogP contribution is -2.48. The Morgan fingerprint density at radius 1 is 1.24 bits per heavy atom. The zero-order valence-electron chi connectivity index (χ0n) is 11.5. The molecule has 0 saturated carbocycles. The van der Waals surface area contributed by atoms with Crippen molar-refractivity contribution < 1.29 is 9.90 Å². The Bertz CT molecular complexity index is 238. The number of hydrogen-bond acceptors (Lipinski definition) is 3. The van der Waals surface area contributed by atoms with E-state index in [1.807, 2.05) is 4.90 Å². The first-order valence-electron chi connectivity index (χ1n) is 6.63. The summed E-state index contributed by atoms with van der Waals surface area (Å²) in [5, 5.41) is 9.42. The van der Waals surface area contributed by atoms with Crippen LogP contribution in [0.2, 0.25) is 0 Å². The lowest BCUT2D eigenvalue weighted by molar-refractivity contribution is -0.136. The number of nitrogens with zero attached hydrogens (tertiary/aromatic N) is 2. The first-order valence-corrected chi connectivity index (χ1v) is 6.63. The van der Waals surface area contributed by atoms with E-state index in [0.717, 1.165) is 25.9 Å². The van der Waals surface area contributed by atoms with E-state index < -0.39 is 0 Å². The molecule has 1 fully saturated rings. The van der Waals surface area contributed by atoms with Gasteiger partial charge in [0.05, 0.1) is 12.6 Å². The quantitative estimate of drug-likeness (QED) is 0.802. The molecule has 0 bridgehead atoms. The van der Waals surface area contributed by atoms with E-state index in [1.165, 1.54) is 0 Å². The fraction of sp³-hybridized carbons (Fsp3) is 0.923. The van der Waals surface area contributed by atoms with Crippen LogP contribution in [0.1, 0.15) is 40.5 Å². The summed E-state index contributed by atoms with van der Waals surface area (Å²) in [5.74, 6) is 0.200. The molecule has 4 heteroatoms. The van der Waals surface area contributed by atoms with Gasteiger partial charge in [-0.25, -0.2) is 0 Å². The largest absolute Gasteiger partial charge is 0.393 e. The van der Waals surface area contributed by atoms with E-state index in [1.54, 1.807) is 0 Å². The highest BCUT2D eigenvalue weighted by atomic mass is 16.3. The van der Waals surface area contributed by atoms with Crippen molar-refractivity contribution in [1.82, 2.24) is 9.80 Å². The molecular weight excluding hydrogens is 216 g/mol. The minimum Gasteiger partial charge on any atom is -0.393 e. The molecule has 0 radical (unpaired) electrons. The summed E-state index contributed by atoms with van der Waals surface area (Å²) in [5.41, 5.74) is 0. The minimum absolute atomic E-state index is 0.173. The Hall–Kier alpha value is -0.610. The Morgan fingerprint density at radius 2 is 1.71 bits per heavy atom. The number of hydrogen-bond donors (Lipinski definition) is 1. The normalized spacial score (nSPS) is 19.0. The summed E-state index contributed by atoms with van der Waals surface area (Å²) in [7, 11) is 0. The van der Waals surface area contributed by atoms with Gasteiger partial charge in [0.25, 0.3) is 0 Å². The molecule has 100 valence electrons. The summed E-state index contributed by atoms with van der Waals surface area (Å²) in [4.78, 5) is 16.3. The molecule has 0 aromatic heterocycles. The van der Waals surface area contributed by atoms with Gasteiger partial charge in [-0.15, -0.1) is 0 Å². The van der Waals surface area contributed by atoms with Gasteiger partial charge in [0, 0.05) is 25.2 Å². The van der Waals surface area contributed by atoms with E-state index in [0.29, 0.717) is 6.54 Å². The summed E-state index contributed by atoms with van der Waals surface area (Å²) >= 11 is 0. The molecule has 1 rings (SSSR count). The van der Waals surface area contributed by atoms with E-state index in [-0.39, 0.29) is 24.1 Å². The smallest absolute Gasteiger partial charge is 0.237 e. The van der Waals surface area contributed by atoms with Crippen molar-refractivity contribution in [2.75, 3.05) is 19.6 Å². The van der Waals surface area contributed by atoms with Crippen molar-refractivity contribution in [2.45, 2.75) is 58.7 Å². The van der Waals surface area contributed by atoms with Crippen LogP contribution in [-0.2, 0) is 4.79 Å². The highest BCUT2D eigenvalue weighted by Crippen LogP contribution is 2.12. The Morgan fingerprint density at radius 3 is 2.12 bits per heavy atom. The molecule has 0 unspecified atom stereocenters. The number of likely N-dealkylation sites (tertiary alicyclic amines) is 1. The Labute approximate surface area is 105 Å². The first kappa shape index (κ1) is 14.5. The van der Waals surface area contributed by atoms with Crippen LogP contribution in [0.15, 0.2) is 0 Å². The molecule has 1 aliphatic heterocycles. The van der Waals surface area contributed by atoms with Crippen LogP contribution in [0.5, 0.6) is 0 Å². The van der Waals surface area contributed by atoms with Gasteiger partial charge in [-0.2, -0.15) is 0 Å². The lowest BCUT2D eigenvalue weighted by Gasteiger charge is -2.35. The molecule has 0 aromatic rings. The third-order valence-electron chi connectivity index (χ3n) is 3.32. The zero-order valence-corrected chi connectivity index (χ0v) is 11.5. The standard InChI is InChI=1S/C13H26N2O2/c1-10(2)15(11(3)4)13(17)9-14-7-5-12(16)6-8-14/h10-12,16H,5-9H2,1-4H3. The molecule has 0 aromatic carbocycles. The Kier molecular flexibility index (Phi) is 5.40. The summed E-state index contributed by atoms with van der Waals surface area (Å²) in [6.45, 7) is 10.4. The number of piperidine rings is 1. The van der Waals surface area contributed by atoms with Gasteiger partial charge in [-0.05, 0) is 40.5 Å². The molecule has 1 heterocycles. The molecule has 4 nitrogen and oxygen atoms in total. The number of carbonyl (C=O) groups is 1.